The van der Waals surface area contributed by atoms with E-state index >= 15 is 0 Å². The van der Waals surface area contributed by atoms with E-state index in [2.05, 4.69) is 33.9 Å². The maximum absolute atomic E-state index is 11.3. The molecular formula is C13H16BrNO2S. The van der Waals surface area contributed by atoms with E-state index in [1.165, 1.54) is 12.7 Å². The maximum atomic E-state index is 11.3. The number of aryl methyl sites for hydroxylation is 1. The number of methoxy groups -OCH3 is 1. The van der Waals surface area contributed by atoms with Gasteiger partial charge < -0.3 is 4.74 Å². The Morgan fingerprint density at radius 1 is 1.61 bits per heavy atom. The summed E-state index contributed by atoms with van der Waals surface area (Å²) in [7, 11) is 1.45. The minimum atomic E-state index is -0.104. The van der Waals surface area contributed by atoms with Crippen molar-refractivity contribution in [3.8, 4) is 0 Å². The van der Waals surface area contributed by atoms with Gasteiger partial charge in [-0.05, 0) is 52.7 Å². The highest BCUT2D eigenvalue weighted by Crippen LogP contribution is 2.52. The van der Waals surface area contributed by atoms with Crippen molar-refractivity contribution in [1.82, 2.24) is 4.98 Å². The number of halogens is 1. The summed E-state index contributed by atoms with van der Waals surface area (Å²) in [6.45, 7) is 2.05. The molecule has 2 rings (SSSR count). The summed E-state index contributed by atoms with van der Waals surface area (Å²) in [6.07, 6.45) is 4.60. The van der Waals surface area contributed by atoms with Gasteiger partial charge in [0.2, 0.25) is 0 Å². The number of rotatable bonds is 5. The molecular weight excluding hydrogens is 314 g/mol. The molecule has 1 heterocycles. The highest BCUT2D eigenvalue weighted by molar-refractivity contribution is 9.10. The number of hydrogen-bond acceptors (Lipinski definition) is 4. The van der Waals surface area contributed by atoms with Crippen LogP contribution in [0.25, 0.3) is 0 Å². The molecule has 98 valence electrons. The molecule has 1 aliphatic carbocycles. The molecule has 1 fully saturated rings. The first kappa shape index (κ1) is 13.9. The Kier molecular flexibility index (Phi) is 4.33. The molecule has 1 aliphatic rings. The summed E-state index contributed by atoms with van der Waals surface area (Å²) in [6, 6.07) is 2.07. The summed E-state index contributed by atoms with van der Waals surface area (Å²) < 4.78 is 5.77. The fourth-order valence-electron chi connectivity index (χ4n) is 1.75. The van der Waals surface area contributed by atoms with Gasteiger partial charge in [-0.3, -0.25) is 4.79 Å². The third kappa shape index (κ3) is 3.48. The van der Waals surface area contributed by atoms with E-state index in [9.17, 15) is 4.79 Å². The minimum Gasteiger partial charge on any atom is -0.469 e. The first-order valence-electron chi connectivity index (χ1n) is 5.86. The van der Waals surface area contributed by atoms with Crippen LogP contribution in [-0.2, 0) is 9.53 Å². The van der Waals surface area contributed by atoms with Gasteiger partial charge in [0.25, 0.3) is 0 Å². The number of carbonyl (C=O) groups excluding carboxylic acids is 1. The van der Waals surface area contributed by atoms with Crippen molar-refractivity contribution in [2.24, 2.45) is 5.41 Å². The smallest absolute Gasteiger partial charge is 0.306 e. The number of esters is 1. The summed E-state index contributed by atoms with van der Waals surface area (Å²) in [5.74, 6) is 0.837. The Hall–Kier alpha value is -0.550. The van der Waals surface area contributed by atoms with Gasteiger partial charge >= 0.3 is 5.97 Å². The molecule has 3 nitrogen and oxygen atoms in total. The van der Waals surface area contributed by atoms with Crippen LogP contribution in [0.1, 0.15) is 24.8 Å². The lowest BCUT2D eigenvalue weighted by Crippen LogP contribution is -2.13. The van der Waals surface area contributed by atoms with Crippen LogP contribution in [-0.4, -0.2) is 23.8 Å². The van der Waals surface area contributed by atoms with Gasteiger partial charge in [-0.1, -0.05) is 0 Å². The Morgan fingerprint density at radius 3 is 2.89 bits per heavy atom. The third-order valence-corrected chi connectivity index (χ3v) is 5.36. The van der Waals surface area contributed by atoms with Crippen molar-refractivity contribution < 1.29 is 9.53 Å². The van der Waals surface area contributed by atoms with Crippen molar-refractivity contribution in [3.05, 3.63) is 22.3 Å². The van der Waals surface area contributed by atoms with E-state index in [0.29, 0.717) is 6.42 Å². The zero-order valence-electron chi connectivity index (χ0n) is 10.5. The molecule has 0 radical (unpaired) electrons. The lowest BCUT2D eigenvalue weighted by molar-refractivity contribution is -0.141. The van der Waals surface area contributed by atoms with E-state index in [-0.39, 0.29) is 11.4 Å². The molecule has 1 aromatic rings. The largest absolute Gasteiger partial charge is 0.469 e. The molecule has 1 saturated carbocycles. The second kappa shape index (κ2) is 5.61. The van der Waals surface area contributed by atoms with Crippen LogP contribution in [0, 0.1) is 12.3 Å². The van der Waals surface area contributed by atoms with Gasteiger partial charge in [0, 0.05) is 16.4 Å². The summed E-state index contributed by atoms with van der Waals surface area (Å²) in [5.41, 5.74) is 1.34. The SMILES string of the molecule is COC(=O)CC1(CSc2cc(C)c(Br)cn2)CC1. The predicted octanol–water partition coefficient (Wildman–Crippen LogP) is 3.59. The highest BCUT2D eigenvalue weighted by atomic mass is 79.9. The van der Waals surface area contributed by atoms with Crippen molar-refractivity contribution in [1.29, 1.82) is 0 Å². The normalized spacial score (nSPS) is 16.4. The molecule has 0 aromatic carbocycles. The van der Waals surface area contributed by atoms with Gasteiger partial charge in [0.05, 0.1) is 18.6 Å². The Morgan fingerprint density at radius 2 is 2.33 bits per heavy atom. The Labute approximate surface area is 120 Å². The molecule has 0 bridgehead atoms. The average molecular weight is 330 g/mol. The van der Waals surface area contributed by atoms with E-state index in [1.54, 1.807) is 11.8 Å². The number of ether oxygens (including phenoxy) is 1. The van der Waals surface area contributed by atoms with E-state index < -0.39 is 0 Å². The van der Waals surface area contributed by atoms with E-state index in [1.807, 2.05) is 6.20 Å². The monoisotopic (exact) mass is 329 g/mol. The van der Waals surface area contributed by atoms with Crippen LogP contribution in [0.15, 0.2) is 21.8 Å². The third-order valence-electron chi connectivity index (χ3n) is 3.25. The van der Waals surface area contributed by atoms with Gasteiger partial charge in [-0.25, -0.2) is 4.98 Å². The molecule has 5 heteroatoms. The van der Waals surface area contributed by atoms with Crippen LogP contribution >= 0.6 is 27.7 Å². The van der Waals surface area contributed by atoms with E-state index in [4.69, 9.17) is 4.74 Å². The molecule has 0 amide bonds. The van der Waals surface area contributed by atoms with Crippen LogP contribution < -0.4 is 0 Å². The number of hydrogen-bond donors (Lipinski definition) is 0. The molecule has 1 aromatic heterocycles. The van der Waals surface area contributed by atoms with Crippen LogP contribution in [0.4, 0.5) is 0 Å². The van der Waals surface area contributed by atoms with E-state index in [0.717, 1.165) is 28.1 Å². The maximum Gasteiger partial charge on any atom is 0.306 e. The number of carbonyl (C=O) groups is 1. The molecule has 0 saturated heterocycles. The molecule has 0 spiro atoms. The number of thioether (sulfide) groups is 1. The molecule has 18 heavy (non-hydrogen) atoms. The van der Waals surface area contributed by atoms with Crippen LogP contribution in [0.2, 0.25) is 0 Å². The summed E-state index contributed by atoms with van der Waals surface area (Å²) >= 11 is 5.17. The van der Waals surface area contributed by atoms with Crippen LogP contribution in [0.5, 0.6) is 0 Å². The number of nitrogens with zero attached hydrogens (tertiary/aromatic N) is 1. The lowest BCUT2D eigenvalue weighted by Gasteiger charge is -2.12. The fourth-order valence-corrected chi connectivity index (χ4v) is 3.20. The predicted molar refractivity (Wildman–Crippen MR) is 75.7 cm³/mol. The standard InChI is InChI=1S/C13H16BrNO2S/c1-9-5-11(15-7-10(9)14)18-8-13(3-4-13)6-12(16)17-2/h5,7H,3-4,6,8H2,1-2H3. The average Bonchev–Trinajstić information content (AvgIpc) is 3.11. The van der Waals surface area contributed by atoms with Gasteiger partial charge in [-0.2, -0.15) is 0 Å². The van der Waals surface area contributed by atoms with Gasteiger partial charge in [0.1, 0.15) is 0 Å². The van der Waals surface area contributed by atoms with Crippen molar-refractivity contribution in [2.45, 2.75) is 31.2 Å². The first-order chi connectivity index (χ1) is 8.54. The fraction of sp³-hybridized carbons (Fsp3) is 0.538. The Bertz CT molecular complexity index is 460. The summed E-state index contributed by atoms with van der Waals surface area (Å²) in [4.78, 5) is 15.7. The topological polar surface area (TPSA) is 39.2 Å². The van der Waals surface area contributed by atoms with Gasteiger partial charge in [-0.15, -0.1) is 11.8 Å². The van der Waals surface area contributed by atoms with Crippen LogP contribution in [0.3, 0.4) is 0 Å². The second-order valence-electron chi connectivity index (χ2n) is 4.81. The number of pyridine rings is 1. The quantitative estimate of drug-likeness (QED) is 0.611. The second-order valence-corrected chi connectivity index (χ2v) is 6.66. The molecule has 0 atom stereocenters. The summed E-state index contributed by atoms with van der Waals surface area (Å²) in [5, 5.41) is 1.02. The molecule has 0 N–H and O–H groups in total. The lowest BCUT2D eigenvalue weighted by atomic mass is 10.1. The molecule has 0 unspecified atom stereocenters. The minimum absolute atomic E-state index is 0.104. The van der Waals surface area contributed by atoms with Crippen molar-refractivity contribution in [2.75, 3.05) is 12.9 Å². The molecule has 0 aliphatic heterocycles. The van der Waals surface area contributed by atoms with Crippen molar-refractivity contribution in [3.63, 3.8) is 0 Å². The zero-order valence-corrected chi connectivity index (χ0v) is 12.9. The first-order valence-corrected chi connectivity index (χ1v) is 7.64. The highest BCUT2D eigenvalue weighted by Gasteiger charge is 2.44. The zero-order chi connectivity index (χ0) is 13.2. The van der Waals surface area contributed by atoms with Gasteiger partial charge in [0.15, 0.2) is 0 Å². The Balaban J connectivity index is 1.91. The van der Waals surface area contributed by atoms with Crippen molar-refractivity contribution >= 4 is 33.7 Å². The number of aromatic nitrogens is 1.